The summed E-state index contributed by atoms with van der Waals surface area (Å²) in [7, 11) is 0. The van der Waals surface area contributed by atoms with Crippen molar-refractivity contribution in [2.45, 2.75) is 25.6 Å². The number of benzene rings is 1. The number of morpholine rings is 1. The second-order valence-corrected chi connectivity index (χ2v) is 5.61. The van der Waals surface area contributed by atoms with Gasteiger partial charge in [0.25, 0.3) is 0 Å². The van der Waals surface area contributed by atoms with Crippen molar-refractivity contribution in [3.8, 4) is 0 Å². The summed E-state index contributed by atoms with van der Waals surface area (Å²) >= 11 is 3.16. The predicted octanol–water partition coefficient (Wildman–Crippen LogP) is 2.14. The summed E-state index contributed by atoms with van der Waals surface area (Å²) in [6.07, 6.45) is 0.0686. The monoisotopic (exact) mass is 316 g/mol. The van der Waals surface area contributed by atoms with Gasteiger partial charge in [-0.2, -0.15) is 0 Å². The summed E-state index contributed by atoms with van der Waals surface area (Å²) in [6, 6.07) is 5.27. The van der Waals surface area contributed by atoms with Gasteiger partial charge in [-0.25, -0.2) is 4.39 Å². The van der Waals surface area contributed by atoms with Gasteiger partial charge in [0.1, 0.15) is 5.82 Å². The van der Waals surface area contributed by atoms with Crippen molar-refractivity contribution in [2.75, 3.05) is 19.7 Å². The van der Waals surface area contributed by atoms with Crippen LogP contribution in [0.2, 0.25) is 0 Å². The standard InChI is InChI=1S/C13H18BrFN2O/c1-9(16)13-8-17(4-5-18-13)7-10-2-3-11(14)12(15)6-10/h2-3,6,9,13H,4-5,7-8,16H2,1H3. The summed E-state index contributed by atoms with van der Waals surface area (Å²) in [5.41, 5.74) is 6.82. The second-order valence-electron chi connectivity index (χ2n) is 4.75. The lowest BCUT2D eigenvalue weighted by molar-refractivity contribution is -0.0403. The van der Waals surface area contributed by atoms with Crippen LogP contribution < -0.4 is 5.73 Å². The first-order valence-electron chi connectivity index (χ1n) is 6.09. The Bertz CT molecular complexity index is 414. The smallest absolute Gasteiger partial charge is 0.137 e. The van der Waals surface area contributed by atoms with E-state index in [1.807, 2.05) is 13.0 Å². The first-order chi connectivity index (χ1) is 8.56. The van der Waals surface area contributed by atoms with Crippen LogP contribution in [-0.4, -0.2) is 36.7 Å². The van der Waals surface area contributed by atoms with Crippen LogP contribution in [0.3, 0.4) is 0 Å². The Kier molecular flexibility index (Phi) is 4.72. The molecule has 0 radical (unpaired) electrons. The Morgan fingerprint density at radius 2 is 2.39 bits per heavy atom. The minimum absolute atomic E-state index is 0.0226. The normalized spacial score (nSPS) is 23.0. The van der Waals surface area contributed by atoms with Crippen LogP contribution in [0.15, 0.2) is 22.7 Å². The van der Waals surface area contributed by atoms with E-state index in [4.69, 9.17) is 10.5 Å². The average molecular weight is 317 g/mol. The number of ether oxygens (including phenoxy) is 1. The SMILES string of the molecule is CC(N)C1CN(Cc2ccc(Br)c(F)c2)CCO1. The fourth-order valence-corrected chi connectivity index (χ4v) is 2.34. The summed E-state index contributed by atoms with van der Waals surface area (Å²) < 4.78 is 19.5. The molecule has 1 fully saturated rings. The Balaban J connectivity index is 1.98. The zero-order chi connectivity index (χ0) is 13.1. The molecule has 1 aliphatic heterocycles. The summed E-state index contributed by atoms with van der Waals surface area (Å²) in [6.45, 7) is 5.03. The lowest BCUT2D eigenvalue weighted by Crippen LogP contribution is -2.49. The molecule has 0 bridgehead atoms. The lowest BCUT2D eigenvalue weighted by Gasteiger charge is -2.34. The van der Waals surface area contributed by atoms with Crippen molar-refractivity contribution in [3.63, 3.8) is 0 Å². The number of nitrogens with two attached hydrogens (primary N) is 1. The largest absolute Gasteiger partial charge is 0.374 e. The van der Waals surface area contributed by atoms with Crippen LogP contribution in [0.25, 0.3) is 0 Å². The van der Waals surface area contributed by atoms with E-state index in [2.05, 4.69) is 20.8 Å². The van der Waals surface area contributed by atoms with E-state index in [0.29, 0.717) is 11.1 Å². The van der Waals surface area contributed by atoms with Gasteiger partial charge in [-0.1, -0.05) is 6.07 Å². The summed E-state index contributed by atoms with van der Waals surface area (Å²) in [4.78, 5) is 2.25. The topological polar surface area (TPSA) is 38.5 Å². The fraction of sp³-hybridized carbons (Fsp3) is 0.538. The number of hydrogen-bond donors (Lipinski definition) is 1. The highest BCUT2D eigenvalue weighted by Gasteiger charge is 2.23. The number of nitrogens with zero attached hydrogens (tertiary/aromatic N) is 1. The molecule has 2 rings (SSSR count). The van der Waals surface area contributed by atoms with Gasteiger partial charge in [-0.05, 0) is 40.5 Å². The van der Waals surface area contributed by atoms with Crippen LogP contribution in [0.1, 0.15) is 12.5 Å². The molecule has 1 aromatic rings. The van der Waals surface area contributed by atoms with Crippen molar-refractivity contribution >= 4 is 15.9 Å². The van der Waals surface area contributed by atoms with Crippen LogP contribution in [-0.2, 0) is 11.3 Å². The molecule has 1 heterocycles. The van der Waals surface area contributed by atoms with E-state index in [-0.39, 0.29) is 18.0 Å². The van der Waals surface area contributed by atoms with Crippen LogP contribution >= 0.6 is 15.9 Å². The minimum Gasteiger partial charge on any atom is -0.374 e. The molecule has 0 saturated carbocycles. The molecule has 2 unspecified atom stereocenters. The van der Waals surface area contributed by atoms with Gasteiger partial charge >= 0.3 is 0 Å². The molecule has 1 saturated heterocycles. The van der Waals surface area contributed by atoms with Gasteiger partial charge in [0.2, 0.25) is 0 Å². The van der Waals surface area contributed by atoms with Crippen LogP contribution in [0.4, 0.5) is 4.39 Å². The third-order valence-electron chi connectivity index (χ3n) is 3.15. The van der Waals surface area contributed by atoms with Gasteiger partial charge < -0.3 is 10.5 Å². The number of hydrogen-bond acceptors (Lipinski definition) is 3. The van der Waals surface area contributed by atoms with E-state index < -0.39 is 0 Å². The fourth-order valence-electron chi connectivity index (χ4n) is 2.09. The Hall–Kier alpha value is -0.490. The summed E-state index contributed by atoms with van der Waals surface area (Å²) in [5.74, 6) is -0.218. The third kappa shape index (κ3) is 3.51. The molecule has 0 aromatic heterocycles. The molecule has 1 aromatic carbocycles. The van der Waals surface area contributed by atoms with E-state index in [1.54, 1.807) is 12.1 Å². The second kappa shape index (κ2) is 6.10. The molecule has 3 nitrogen and oxygen atoms in total. The lowest BCUT2D eigenvalue weighted by atomic mass is 10.1. The van der Waals surface area contributed by atoms with Crippen molar-refractivity contribution in [1.29, 1.82) is 0 Å². The highest BCUT2D eigenvalue weighted by Crippen LogP contribution is 2.18. The van der Waals surface area contributed by atoms with E-state index in [1.165, 1.54) is 0 Å². The van der Waals surface area contributed by atoms with Gasteiger partial charge in [-0.15, -0.1) is 0 Å². The zero-order valence-electron chi connectivity index (χ0n) is 10.4. The van der Waals surface area contributed by atoms with Crippen molar-refractivity contribution < 1.29 is 9.13 Å². The van der Waals surface area contributed by atoms with Gasteiger partial charge in [0, 0.05) is 25.7 Å². The first kappa shape index (κ1) is 13.9. The quantitative estimate of drug-likeness (QED) is 0.928. The molecule has 100 valence electrons. The maximum Gasteiger partial charge on any atom is 0.137 e. The van der Waals surface area contributed by atoms with Gasteiger partial charge in [0.05, 0.1) is 17.2 Å². The van der Waals surface area contributed by atoms with Crippen LogP contribution in [0.5, 0.6) is 0 Å². The molecule has 0 amide bonds. The predicted molar refractivity (Wildman–Crippen MR) is 72.8 cm³/mol. The maximum absolute atomic E-state index is 13.4. The van der Waals surface area contributed by atoms with Crippen molar-refractivity contribution in [1.82, 2.24) is 4.90 Å². The highest BCUT2D eigenvalue weighted by atomic mass is 79.9. The molecule has 18 heavy (non-hydrogen) atoms. The molecule has 5 heteroatoms. The van der Waals surface area contributed by atoms with Gasteiger partial charge in [0.15, 0.2) is 0 Å². The highest BCUT2D eigenvalue weighted by molar-refractivity contribution is 9.10. The van der Waals surface area contributed by atoms with Crippen molar-refractivity contribution in [2.24, 2.45) is 5.73 Å². The molecule has 2 N–H and O–H groups in total. The molecule has 2 atom stereocenters. The van der Waals surface area contributed by atoms with Crippen LogP contribution in [0, 0.1) is 5.82 Å². The summed E-state index contributed by atoms with van der Waals surface area (Å²) in [5, 5.41) is 0. The Morgan fingerprint density at radius 3 is 3.06 bits per heavy atom. The molecular formula is C13H18BrFN2O. The van der Waals surface area contributed by atoms with Gasteiger partial charge in [-0.3, -0.25) is 4.90 Å². The van der Waals surface area contributed by atoms with E-state index in [0.717, 1.165) is 25.2 Å². The van der Waals surface area contributed by atoms with E-state index >= 15 is 0 Å². The molecule has 0 spiro atoms. The van der Waals surface area contributed by atoms with Crippen molar-refractivity contribution in [3.05, 3.63) is 34.1 Å². The number of rotatable bonds is 3. The minimum atomic E-state index is -0.218. The Morgan fingerprint density at radius 1 is 1.61 bits per heavy atom. The Labute approximate surface area is 115 Å². The average Bonchev–Trinajstić information content (AvgIpc) is 2.34. The maximum atomic E-state index is 13.4. The number of halogens is 2. The molecule has 1 aliphatic rings. The first-order valence-corrected chi connectivity index (χ1v) is 6.89. The third-order valence-corrected chi connectivity index (χ3v) is 3.80. The molecular weight excluding hydrogens is 299 g/mol. The zero-order valence-corrected chi connectivity index (χ0v) is 12.0. The molecule has 0 aliphatic carbocycles. The van der Waals surface area contributed by atoms with E-state index in [9.17, 15) is 4.39 Å².